The maximum absolute atomic E-state index is 11.5. The molecule has 0 spiro atoms. The number of pyridine rings is 1. The lowest BCUT2D eigenvalue weighted by atomic mass is 9.93. The van der Waals surface area contributed by atoms with E-state index in [2.05, 4.69) is 25.8 Å². The van der Waals surface area contributed by atoms with Crippen LogP contribution in [0.1, 0.15) is 35.7 Å². The van der Waals surface area contributed by atoms with Crippen LogP contribution < -0.4 is 4.74 Å². The summed E-state index contributed by atoms with van der Waals surface area (Å²) in [6.45, 7) is 3.34. The molecule has 3 rings (SSSR count). The molecule has 2 unspecified atom stereocenters. The molecule has 1 N–H and O–H groups in total. The average Bonchev–Trinajstić information content (AvgIpc) is 2.64. The van der Waals surface area contributed by atoms with Crippen molar-refractivity contribution in [3.05, 3.63) is 57.8 Å². The van der Waals surface area contributed by atoms with Gasteiger partial charge in [-0.2, -0.15) is 0 Å². The first-order chi connectivity index (χ1) is 12.5. The number of piperidine rings is 1. The molecule has 0 amide bonds. The molecule has 0 saturated carbocycles. The van der Waals surface area contributed by atoms with E-state index in [1.807, 2.05) is 43.5 Å². The fourth-order valence-corrected chi connectivity index (χ4v) is 3.92. The van der Waals surface area contributed by atoms with Gasteiger partial charge in [-0.15, -0.1) is 0 Å². The number of aryl methyl sites for hydroxylation is 1. The number of aliphatic carboxylic acids is 1. The molecule has 5 nitrogen and oxygen atoms in total. The van der Waals surface area contributed by atoms with Crippen molar-refractivity contribution in [1.29, 1.82) is 0 Å². The van der Waals surface area contributed by atoms with Crippen molar-refractivity contribution in [2.24, 2.45) is 5.92 Å². The lowest BCUT2D eigenvalue weighted by Gasteiger charge is -2.37. The van der Waals surface area contributed by atoms with Gasteiger partial charge in [-0.05, 0) is 56.1 Å². The maximum atomic E-state index is 11.5. The zero-order valence-corrected chi connectivity index (χ0v) is 16.6. The number of rotatable bonds is 5. The maximum Gasteiger partial charge on any atom is 0.307 e. The Bertz CT molecular complexity index is 779. The third kappa shape index (κ3) is 4.07. The van der Waals surface area contributed by atoms with Gasteiger partial charge in [-0.25, -0.2) is 0 Å². The van der Waals surface area contributed by atoms with Gasteiger partial charge in [0.1, 0.15) is 5.75 Å². The molecule has 2 heterocycles. The van der Waals surface area contributed by atoms with Gasteiger partial charge < -0.3 is 9.84 Å². The number of likely N-dealkylation sites (tertiary alicyclic amines) is 1. The van der Waals surface area contributed by atoms with E-state index in [1.165, 1.54) is 0 Å². The smallest absolute Gasteiger partial charge is 0.307 e. The number of aromatic nitrogens is 1. The number of methoxy groups -OCH3 is 1. The largest absolute Gasteiger partial charge is 0.496 e. The topological polar surface area (TPSA) is 62.7 Å². The van der Waals surface area contributed by atoms with Gasteiger partial charge in [0.05, 0.1) is 24.8 Å². The van der Waals surface area contributed by atoms with Crippen molar-refractivity contribution in [3.8, 4) is 5.75 Å². The second-order valence-corrected chi connectivity index (χ2v) is 7.64. The first-order valence-corrected chi connectivity index (χ1v) is 9.51. The second-order valence-electron chi connectivity index (χ2n) is 6.72. The van der Waals surface area contributed by atoms with Gasteiger partial charge >= 0.3 is 5.97 Å². The van der Waals surface area contributed by atoms with Gasteiger partial charge in [-0.3, -0.25) is 14.7 Å². The second kappa shape index (κ2) is 8.18. The Morgan fingerprint density at radius 1 is 1.38 bits per heavy atom. The van der Waals surface area contributed by atoms with Crippen LogP contribution in [0.15, 0.2) is 41.0 Å². The predicted molar refractivity (Wildman–Crippen MR) is 103 cm³/mol. The summed E-state index contributed by atoms with van der Waals surface area (Å²) in [4.78, 5) is 18.4. The van der Waals surface area contributed by atoms with Crippen molar-refractivity contribution in [3.63, 3.8) is 0 Å². The fraction of sp³-hybridized carbons (Fsp3) is 0.400. The predicted octanol–water partition coefficient (Wildman–Crippen LogP) is 4.05. The first-order valence-electron chi connectivity index (χ1n) is 8.72. The summed E-state index contributed by atoms with van der Waals surface area (Å²) in [6.07, 6.45) is 3.43. The van der Waals surface area contributed by atoms with Crippen molar-refractivity contribution in [1.82, 2.24) is 9.88 Å². The molecule has 0 radical (unpaired) electrons. The van der Waals surface area contributed by atoms with Crippen molar-refractivity contribution in [2.45, 2.75) is 25.8 Å². The highest BCUT2D eigenvalue weighted by Crippen LogP contribution is 2.37. The number of hydrogen-bond acceptors (Lipinski definition) is 4. The monoisotopic (exact) mass is 418 g/mol. The molecule has 0 bridgehead atoms. The Balaban J connectivity index is 2.06. The van der Waals surface area contributed by atoms with Crippen LogP contribution in [0.4, 0.5) is 0 Å². The highest BCUT2D eigenvalue weighted by Gasteiger charge is 2.33. The molecule has 1 fully saturated rings. The summed E-state index contributed by atoms with van der Waals surface area (Å²) in [6, 6.07) is 9.82. The van der Waals surface area contributed by atoms with Crippen molar-refractivity contribution < 1.29 is 14.6 Å². The molecule has 1 aliphatic rings. The van der Waals surface area contributed by atoms with Gasteiger partial charge in [-0.1, -0.05) is 22.0 Å². The van der Waals surface area contributed by atoms with E-state index in [4.69, 9.17) is 4.74 Å². The van der Waals surface area contributed by atoms with Crippen LogP contribution >= 0.6 is 15.9 Å². The minimum Gasteiger partial charge on any atom is -0.496 e. The number of hydrogen-bond donors (Lipinski definition) is 1. The third-order valence-corrected chi connectivity index (χ3v) is 5.36. The SMILES string of the molecule is COc1ccc(Br)cc1C(c1ccc(C)cn1)N1CCCC(C(=O)O)C1. The minimum atomic E-state index is -0.730. The molecular weight excluding hydrogens is 396 g/mol. The standard InChI is InChI=1S/C20H23BrN2O3/c1-13-5-7-17(22-11-13)19(16-10-15(21)6-8-18(16)26-2)23-9-3-4-14(12-23)20(24)25/h5-8,10-11,14,19H,3-4,9,12H2,1-2H3,(H,24,25). The van der Waals surface area contributed by atoms with Crippen molar-refractivity contribution in [2.75, 3.05) is 20.2 Å². The molecule has 2 aromatic rings. The average molecular weight is 419 g/mol. The summed E-state index contributed by atoms with van der Waals surface area (Å²) in [5.74, 6) is -0.306. The highest BCUT2D eigenvalue weighted by atomic mass is 79.9. The van der Waals surface area contributed by atoms with E-state index >= 15 is 0 Å². The number of halogens is 1. The zero-order chi connectivity index (χ0) is 18.7. The van der Waals surface area contributed by atoms with E-state index < -0.39 is 5.97 Å². The molecule has 1 aromatic carbocycles. The van der Waals surface area contributed by atoms with Gasteiger partial charge in [0.25, 0.3) is 0 Å². The zero-order valence-electron chi connectivity index (χ0n) is 15.0. The molecule has 2 atom stereocenters. The van der Waals surface area contributed by atoms with Crippen LogP contribution in [0, 0.1) is 12.8 Å². The lowest BCUT2D eigenvalue weighted by Crippen LogP contribution is -2.41. The summed E-state index contributed by atoms with van der Waals surface area (Å²) in [7, 11) is 1.66. The lowest BCUT2D eigenvalue weighted by molar-refractivity contribution is -0.143. The molecular formula is C20H23BrN2O3. The first kappa shape index (κ1) is 18.9. The number of benzene rings is 1. The number of carboxylic acid groups (broad SMARTS) is 1. The number of carboxylic acids is 1. The van der Waals surface area contributed by atoms with E-state index in [0.717, 1.165) is 46.4 Å². The Labute approximate surface area is 162 Å². The minimum absolute atomic E-state index is 0.148. The van der Waals surface area contributed by atoms with Gasteiger partial charge in [0.2, 0.25) is 0 Å². The molecule has 138 valence electrons. The molecule has 6 heteroatoms. The van der Waals surface area contributed by atoms with Crippen LogP contribution in [0.2, 0.25) is 0 Å². The summed E-state index contributed by atoms with van der Waals surface area (Å²) in [5, 5.41) is 9.49. The quantitative estimate of drug-likeness (QED) is 0.793. The van der Waals surface area contributed by atoms with E-state index in [0.29, 0.717) is 6.54 Å². The Hall–Kier alpha value is -1.92. The number of carbonyl (C=O) groups is 1. The van der Waals surface area contributed by atoms with Gasteiger partial charge in [0, 0.05) is 22.8 Å². The Morgan fingerprint density at radius 3 is 2.85 bits per heavy atom. The summed E-state index contributed by atoms with van der Waals surface area (Å²) >= 11 is 3.55. The fourth-order valence-electron chi connectivity index (χ4n) is 3.55. The molecule has 0 aliphatic carbocycles. The number of nitrogens with zero attached hydrogens (tertiary/aromatic N) is 2. The van der Waals surface area contributed by atoms with E-state index in [-0.39, 0.29) is 12.0 Å². The molecule has 1 aromatic heterocycles. The molecule has 1 aliphatic heterocycles. The third-order valence-electron chi connectivity index (χ3n) is 4.87. The van der Waals surface area contributed by atoms with Crippen molar-refractivity contribution >= 4 is 21.9 Å². The Morgan fingerprint density at radius 2 is 2.19 bits per heavy atom. The summed E-state index contributed by atoms with van der Waals surface area (Å²) < 4.78 is 6.56. The van der Waals surface area contributed by atoms with E-state index in [1.54, 1.807) is 7.11 Å². The normalized spacial score (nSPS) is 19.1. The van der Waals surface area contributed by atoms with E-state index in [9.17, 15) is 9.90 Å². The van der Waals surface area contributed by atoms with Crippen LogP contribution in [-0.4, -0.2) is 41.2 Å². The highest BCUT2D eigenvalue weighted by molar-refractivity contribution is 9.10. The Kier molecular flexibility index (Phi) is 5.94. The van der Waals surface area contributed by atoms with Gasteiger partial charge in [0.15, 0.2) is 0 Å². The van der Waals surface area contributed by atoms with Crippen LogP contribution in [0.5, 0.6) is 5.75 Å². The molecule has 1 saturated heterocycles. The number of ether oxygens (including phenoxy) is 1. The van der Waals surface area contributed by atoms with Crippen LogP contribution in [-0.2, 0) is 4.79 Å². The van der Waals surface area contributed by atoms with Crippen LogP contribution in [0.3, 0.4) is 0 Å². The van der Waals surface area contributed by atoms with Crippen LogP contribution in [0.25, 0.3) is 0 Å². The molecule has 26 heavy (non-hydrogen) atoms. The summed E-state index contributed by atoms with van der Waals surface area (Å²) in [5.41, 5.74) is 2.98.